The van der Waals surface area contributed by atoms with Crippen molar-refractivity contribution < 1.29 is 35.5 Å². The first-order chi connectivity index (χ1) is 17.0. The zero-order chi connectivity index (χ0) is 26.1. The molecule has 0 aliphatic carbocycles. The number of hydrogen-bond acceptors (Lipinski definition) is 5. The van der Waals surface area contributed by atoms with Crippen molar-refractivity contribution in [1.29, 1.82) is 0 Å². The van der Waals surface area contributed by atoms with Gasteiger partial charge in [-0.3, -0.25) is 0 Å². The number of amides is 2. The van der Waals surface area contributed by atoms with Gasteiger partial charge in [-0.25, -0.2) is 27.0 Å². The van der Waals surface area contributed by atoms with Gasteiger partial charge in [0.2, 0.25) is 0 Å². The highest BCUT2D eigenvalue weighted by molar-refractivity contribution is 7.90. The summed E-state index contributed by atoms with van der Waals surface area (Å²) in [4.78, 5) is 11.9. The molecule has 0 radical (unpaired) electrons. The van der Waals surface area contributed by atoms with Gasteiger partial charge in [0, 0.05) is 16.2 Å². The van der Waals surface area contributed by atoms with Crippen molar-refractivity contribution in [2.24, 2.45) is 0 Å². The average Bonchev–Trinajstić information content (AvgIpc) is 3.26. The van der Waals surface area contributed by atoms with Gasteiger partial charge in [0.05, 0.1) is 47.8 Å². The molecule has 0 saturated heterocycles. The van der Waals surface area contributed by atoms with Gasteiger partial charge in [-0.05, 0) is 42.5 Å². The van der Waals surface area contributed by atoms with E-state index >= 15 is 4.39 Å². The van der Waals surface area contributed by atoms with Crippen LogP contribution in [0.5, 0.6) is 0 Å². The third-order valence-electron chi connectivity index (χ3n) is 5.14. The average molecular weight is 545 g/mol. The predicted molar refractivity (Wildman–Crippen MR) is 121 cm³/mol. The minimum absolute atomic E-state index is 0.0491. The number of carbonyl (C=O) groups excluding carboxylic acids is 1. The molecule has 1 aliphatic rings. The second-order valence-corrected chi connectivity index (χ2v) is 9.72. The van der Waals surface area contributed by atoms with Crippen LogP contribution in [0.3, 0.4) is 0 Å². The van der Waals surface area contributed by atoms with Crippen molar-refractivity contribution in [3.63, 3.8) is 0 Å². The number of benzene rings is 2. The van der Waals surface area contributed by atoms with E-state index in [4.69, 9.17) is 16.3 Å². The number of rotatable bonds is 5. The van der Waals surface area contributed by atoms with Crippen LogP contribution in [0.25, 0.3) is 11.3 Å². The summed E-state index contributed by atoms with van der Waals surface area (Å²) in [6, 6.07) is 8.22. The first-order valence-electron chi connectivity index (χ1n) is 10.2. The Labute approximate surface area is 207 Å². The van der Waals surface area contributed by atoms with Crippen LogP contribution in [0, 0.1) is 0 Å². The number of carbonyl (C=O) groups is 1. The molecule has 0 spiro atoms. The molecule has 1 aliphatic heterocycles. The molecule has 36 heavy (non-hydrogen) atoms. The highest BCUT2D eigenvalue weighted by Gasteiger charge is 2.31. The number of nitrogens with zero attached hydrogens (tertiary/aromatic N) is 2. The topological polar surface area (TPSA) is 102 Å². The molecule has 0 bridgehead atoms. The van der Waals surface area contributed by atoms with Crippen LogP contribution in [0.15, 0.2) is 65.5 Å². The zero-order valence-corrected chi connectivity index (χ0v) is 19.7. The number of halogens is 5. The van der Waals surface area contributed by atoms with E-state index in [1.165, 1.54) is 42.6 Å². The standard InChI is InChI=1S/C22H17ClF4N4O4S/c23-15-4-6-17(7-5-15)36(33,34)30-21(32)28-10-19(24)18-12-35-11-13-9-29-31(20(13)18)16-3-1-2-14(8-16)22(25,26)27/h1-9H,10-12H2,(H2,28,30,32). The summed E-state index contributed by atoms with van der Waals surface area (Å²) in [5.41, 5.74) is -0.278. The maximum atomic E-state index is 15.1. The Morgan fingerprint density at radius 2 is 1.86 bits per heavy atom. The largest absolute Gasteiger partial charge is 0.416 e. The third kappa shape index (κ3) is 5.53. The minimum atomic E-state index is -4.58. The molecule has 2 heterocycles. The number of alkyl halides is 3. The molecule has 1 aromatic heterocycles. The van der Waals surface area contributed by atoms with E-state index in [2.05, 4.69) is 10.4 Å². The van der Waals surface area contributed by atoms with Gasteiger partial charge in [0.25, 0.3) is 10.0 Å². The molecule has 3 aromatic rings. The van der Waals surface area contributed by atoms with Crippen molar-refractivity contribution in [2.75, 3.05) is 13.2 Å². The van der Waals surface area contributed by atoms with Crippen molar-refractivity contribution in [3.8, 4) is 5.69 Å². The molecule has 0 fully saturated rings. The number of nitrogens with one attached hydrogen (secondary N) is 2. The van der Waals surface area contributed by atoms with Crippen molar-refractivity contribution >= 4 is 33.2 Å². The molecular formula is C22H17ClF4N4O4S. The smallest absolute Gasteiger partial charge is 0.372 e. The quantitative estimate of drug-likeness (QED) is 0.462. The molecule has 2 N–H and O–H groups in total. The molecule has 0 saturated carbocycles. The van der Waals surface area contributed by atoms with Crippen LogP contribution in [0.2, 0.25) is 5.02 Å². The normalized spacial score (nSPS) is 15.2. The number of aromatic nitrogens is 2. The molecular weight excluding hydrogens is 528 g/mol. The fraction of sp³-hybridized carbons (Fsp3) is 0.182. The Morgan fingerprint density at radius 3 is 2.56 bits per heavy atom. The summed E-state index contributed by atoms with van der Waals surface area (Å²) in [7, 11) is -4.24. The lowest BCUT2D eigenvalue weighted by atomic mass is 10.1. The first-order valence-corrected chi connectivity index (χ1v) is 12.1. The fourth-order valence-electron chi connectivity index (χ4n) is 3.45. The molecule has 4 rings (SSSR count). The maximum absolute atomic E-state index is 15.1. The summed E-state index contributed by atoms with van der Waals surface area (Å²) in [6.45, 7) is -0.901. The molecule has 8 nitrogen and oxygen atoms in total. The van der Waals surface area contributed by atoms with Gasteiger partial charge in [-0.2, -0.15) is 18.3 Å². The second-order valence-electron chi connectivity index (χ2n) is 7.60. The molecule has 0 atom stereocenters. The van der Waals surface area contributed by atoms with Crippen LogP contribution < -0.4 is 10.0 Å². The van der Waals surface area contributed by atoms with Crippen LogP contribution in [-0.4, -0.2) is 37.4 Å². The molecule has 0 unspecified atom stereocenters. The van der Waals surface area contributed by atoms with Crippen LogP contribution >= 0.6 is 11.6 Å². The van der Waals surface area contributed by atoms with Gasteiger partial charge in [0.1, 0.15) is 5.83 Å². The highest BCUT2D eigenvalue weighted by atomic mass is 35.5. The Kier molecular flexibility index (Phi) is 7.07. The minimum Gasteiger partial charge on any atom is -0.372 e. The molecule has 190 valence electrons. The molecule has 2 aromatic carbocycles. The highest BCUT2D eigenvalue weighted by Crippen LogP contribution is 2.33. The summed E-state index contributed by atoms with van der Waals surface area (Å²) in [5, 5.41) is 6.49. The lowest BCUT2D eigenvalue weighted by Gasteiger charge is -2.20. The van der Waals surface area contributed by atoms with E-state index in [1.54, 1.807) is 4.72 Å². The van der Waals surface area contributed by atoms with E-state index < -0.39 is 40.2 Å². The van der Waals surface area contributed by atoms with Gasteiger partial charge >= 0.3 is 12.2 Å². The Morgan fingerprint density at radius 1 is 1.14 bits per heavy atom. The predicted octanol–water partition coefficient (Wildman–Crippen LogP) is 4.44. The van der Waals surface area contributed by atoms with Crippen molar-refractivity contribution in [2.45, 2.75) is 17.7 Å². The van der Waals surface area contributed by atoms with Gasteiger partial charge < -0.3 is 10.1 Å². The van der Waals surface area contributed by atoms with E-state index in [9.17, 15) is 26.4 Å². The van der Waals surface area contributed by atoms with E-state index in [0.29, 0.717) is 10.6 Å². The van der Waals surface area contributed by atoms with Crippen LogP contribution in [0.4, 0.5) is 22.4 Å². The summed E-state index contributed by atoms with van der Waals surface area (Å²) in [5.74, 6) is -0.885. The molecule has 14 heteroatoms. The first kappa shape index (κ1) is 25.7. The van der Waals surface area contributed by atoms with Crippen LogP contribution in [-0.2, 0) is 27.5 Å². The lowest BCUT2D eigenvalue weighted by Crippen LogP contribution is -2.40. The monoisotopic (exact) mass is 544 g/mol. The number of fused-ring (bicyclic) bond motifs is 1. The SMILES string of the molecule is O=C(NCC(F)=C1COCc2cnn(-c3cccc(C(F)(F)F)c3)c21)NS(=O)(=O)c1ccc(Cl)cc1. The zero-order valence-electron chi connectivity index (χ0n) is 18.1. The second kappa shape index (κ2) is 9.91. The van der Waals surface area contributed by atoms with E-state index in [0.717, 1.165) is 16.8 Å². The summed E-state index contributed by atoms with van der Waals surface area (Å²) in [6.07, 6.45) is -3.24. The maximum Gasteiger partial charge on any atom is 0.416 e. The van der Waals surface area contributed by atoms with Gasteiger partial charge in [0.15, 0.2) is 0 Å². The van der Waals surface area contributed by atoms with Crippen molar-refractivity contribution in [3.05, 3.63) is 82.4 Å². The van der Waals surface area contributed by atoms with E-state index in [-0.39, 0.29) is 35.1 Å². The van der Waals surface area contributed by atoms with Gasteiger partial charge in [-0.15, -0.1) is 0 Å². The number of urea groups is 1. The third-order valence-corrected chi connectivity index (χ3v) is 6.73. The summed E-state index contributed by atoms with van der Waals surface area (Å²) < 4.78 is 87.5. The molecule has 2 amide bonds. The number of sulfonamides is 1. The fourth-order valence-corrected chi connectivity index (χ4v) is 4.51. The summed E-state index contributed by atoms with van der Waals surface area (Å²) >= 11 is 5.72. The Balaban J connectivity index is 1.55. The van der Waals surface area contributed by atoms with Crippen molar-refractivity contribution in [1.82, 2.24) is 19.8 Å². The number of hydrogen-bond donors (Lipinski definition) is 2. The Bertz CT molecular complexity index is 1440. The lowest BCUT2D eigenvalue weighted by molar-refractivity contribution is -0.137. The van der Waals surface area contributed by atoms with E-state index in [1.807, 2.05) is 0 Å². The van der Waals surface area contributed by atoms with Gasteiger partial charge in [-0.1, -0.05) is 17.7 Å². The van der Waals surface area contributed by atoms with Crippen LogP contribution in [0.1, 0.15) is 16.8 Å². The number of ether oxygens (including phenoxy) is 1. The Hall–Kier alpha value is -3.42.